The number of methoxy groups -OCH3 is 2. The molecule has 0 radical (unpaired) electrons. The Morgan fingerprint density at radius 3 is 2.59 bits per heavy atom. The van der Waals surface area contributed by atoms with Crippen molar-refractivity contribution in [3.8, 4) is 11.5 Å². The Labute approximate surface area is 221 Å². The van der Waals surface area contributed by atoms with Gasteiger partial charge in [0.25, 0.3) is 10.0 Å². The van der Waals surface area contributed by atoms with E-state index in [9.17, 15) is 23.1 Å². The van der Waals surface area contributed by atoms with Crippen LogP contribution in [0, 0.1) is 5.82 Å². The van der Waals surface area contributed by atoms with Gasteiger partial charge in [-0.3, -0.25) is 4.90 Å². The van der Waals surface area contributed by atoms with Gasteiger partial charge in [0.1, 0.15) is 34.8 Å². The lowest BCUT2D eigenvalue weighted by molar-refractivity contribution is -0.107. The number of anilines is 2. The molecule has 1 heterocycles. The minimum atomic E-state index is -4.62. The van der Waals surface area contributed by atoms with E-state index in [2.05, 4.69) is 9.36 Å². The lowest BCUT2D eigenvalue weighted by atomic mass is 10.2. The topological polar surface area (TPSA) is 139 Å². The van der Waals surface area contributed by atoms with E-state index in [-0.39, 0.29) is 41.8 Å². The van der Waals surface area contributed by atoms with Gasteiger partial charge >= 0.3 is 6.09 Å². The fourth-order valence-electron chi connectivity index (χ4n) is 3.36. The number of aromatic nitrogens is 2. The van der Waals surface area contributed by atoms with Gasteiger partial charge in [-0.15, -0.1) is 0 Å². The molecular formula is C22H22ClFN4O7S2. The van der Waals surface area contributed by atoms with E-state index in [1.165, 1.54) is 14.2 Å². The van der Waals surface area contributed by atoms with Crippen molar-refractivity contribution in [3.05, 3.63) is 53.1 Å². The maximum atomic E-state index is 15.3. The summed E-state index contributed by atoms with van der Waals surface area (Å²) in [6.45, 7) is -0.441. The Morgan fingerprint density at radius 2 is 2.00 bits per heavy atom. The van der Waals surface area contributed by atoms with Crippen LogP contribution in [0.1, 0.15) is 18.4 Å². The Kier molecular flexibility index (Phi) is 9.23. The standard InChI is InChI=1S/C22H22ClFN4O7S2/c1-34-15-6-5-14(19(9-15)35-2)12-28(21-25-13-26-36-21)37(32,33)20-10-16(23)18(11-17(20)24)27(22(30)31)7-3-4-8-29/h5-6,8-11,13H,3-4,7,12H2,1-2H3,(H,30,31). The predicted octanol–water partition coefficient (Wildman–Crippen LogP) is 4.21. The Hall–Kier alpha value is -3.49. The molecule has 0 saturated heterocycles. The lowest BCUT2D eigenvalue weighted by Crippen LogP contribution is -2.32. The minimum absolute atomic E-state index is 0.0431. The van der Waals surface area contributed by atoms with Crippen molar-refractivity contribution in [1.82, 2.24) is 9.36 Å². The van der Waals surface area contributed by atoms with Crippen LogP contribution in [0.15, 0.2) is 41.6 Å². The molecule has 1 amide bonds. The molecule has 11 nitrogen and oxygen atoms in total. The largest absolute Gasteiger partial charge is 0.497 e. The monoisotopic (exact) mass is 572 g/mol. The van der Waals surface area contributed by atoms with E-state index in [0.717, 1.165) is 39.2 Å². The quantitative estimate of drug-likeness (QED) is 0.250. The van der Waals surface area contributed by atoms with Gasteiger partial charge in [0.15, 0.2) is 0 Å². The van der Waals surface area contributed by atoms with E-state index in [0.29, 0.717) is 23.3 Å². The number of hydrogen-bond donors (Lipinski definition) is 1. The number of halogens is 2. The molecule has 37 heavy (non-hydrogen) atoms. The predicted molar refractivity (Wildman–Crippen MR) is 135 cm³/mol. The van der Waals surface area contributed by atoms with Crippen LogP contribution in [0.25, 0.3) is 0 Å². The van der Waals surface area contributed by atoms with Crippen LogP contribution in [0.3, 0.4) is 0 Å². The van der Waals surface area contributed by atoms with Gasteiger partial charge in [-0.25, -0.2) is 26.9 Å². The van der Waals surface area contributed by atoms with Crippen molar-refractivity contribution in [2.24, 2.45) is 0 Å². The molecule has 1 N–H and O–H groups in total. The van der Waals surface area contributed by atoms with Crippen LogP contribution < -0.4 is 18.7 Å². The SMILES string of the molecule is COc1ccc(CN(c2ncns2)S(=O)(=O)c2cc(Cl)c(N(CCCC=O)C(=O)O)cc2F)c(OC)c1. The molecule has 0 aliphatic heterocycles. The third kappa shape index (κ3) is 6.26. The summed E-state index contributed by atoms with van der Waals surface area (Å²) in [5, 5.41) is 9.17. The highest BCUT2D eigenvalue weighted by molar-refractivity contribution is 7.93. The summed E-state index contributed by atoms with van der Waals surface area (Å²) in [6, 6.07) is 6.35. The second kappa shape index (κ2) is 12.2. The van der Waals surface area contributed by atoms with Gasteiger partial charge in [0, 0.05) is 42.2 Å². The van der Waals surface area contributed by atoms with Crippen LogP contribution >= 0.6 is 23.1 Å². The minimum Gasteiger partial charge on any atom is -0.497 e. The molecular weight excluding hydrogens is 551 g/mol. The molecule has 0 unspecified atom stereocenters. The third-order valence-electron chi connectivity index (χ3n) is 5.17. The number of carbonyl (C=O) groups excluding carboxylic acids is 1. The summed E-state index contributed by atoms with van der Waals surface area (Å²) in [6.07, 6.45) is 0.594. The fraction of sp³-hybridized carbons (Fsp3) is 0.273. The number of rotatable bonds is 12. The van der Waals surface area contributed by atoms with Gasteiger partial charge in [-0.1, -0.05) is 11.6 Å². The number of aldehydes is 1. The van der Waals surface area contributed by atoms with E-state index in [1.807, 2.05) is 0 Å². The average Bonchev–Trinajstić information content (AvgIpc) is 3.40. The van der Waals surface area contributed by atoms with Gasteiger partial charge in [0.05, 0.1) is 31.5 Å². The highest BCUT2D eigenvalue weighted by Gasteiger charge is 2.33. The first-order chi connectivity index (χ1) is 17.6. The van der Waals surface area contributed by atoms with Crippen LogP contribution in [0.5, 0.6) is 11.5 Å². The van der Waals surface area contributed by atoms with Crippen molar-refractivity contribution >= 4 is 56.4 Å². The molecule has 0 aliphatic carbocycles. The smallest absolute Gasteiger partial charge is 0.411 e. The number of hydrogen-bond acceptors (Lipinski definition) is 9. The van der Waals surface area contributed by atoms with Crippen molar-refractivity contribution < 1.29 is 37.0 Å². The highest BCUT2D eigenvalue weighted by atomic mass is 35.5. The van der Waals surface area contributed by atoms with Crippen LogP contribution in [0.2, 0.25) is 5.02 Å². The molecule has 15 heteroatoms. The Bertz CT molecular complexity index is 1370. The maximum Gasteiger partial charge on any atom is 0.411 e. The molecule has 198 valence electrons. The lowest BCUT2D eigenvalue weighted by Gasteiger charge is -2.24. The highest BCUT2D eigenvalue weighted by Crippen LogP contribution is 2.36. The molecule has 0 atom stereocenters. The molecule has 0 fully saturated rings. The number of benzene rings is 2. The molecule has 0 spiro atoms. The van der Waals surface area contributed by atoms with Crippen molar-refractivity contribution in [2.45, 2.75) is 24.3 Å². The Morgan fingerprint density at radius 1 is 1.24 bits per heavy atom. The second-order valence-electron chi connectivity index (χ2n) is 7.39. The maximum absolute atomic E-state index is 15.3. The zero-order valence-electron chi connectivity index (χ0n) is 19.6. The number of carbonyl (C=O) groups is 2. The zero-order chi connectivity index (χ0) is 27.2. The average molecular weight is 573 g/mol. The van der Waals surface area contributed by atoms with E-state index < -0.39 is 26.8 Å². The summed E-state index contributed by atoms with van der Waals surface area (Å²) in [4.78, 5) is 26.2. The fourth-order valence-corrected chi connectivity index (χ4v) is 5.90. The summed E-state index contributed by atoms with van der Waals surface area (Å²) >= 11 is 7.02. The number of sulfonamides is 1. The molecule has 3 rings (SSSR count). The van der Waals surface area contributed by atoms with Gasteiger partial charge in [-0.05, 0) is 24.6 Å². The first-order valence-corrected chi connectivity index (χ1v) is 13.2. The summed E-state index contributed by atoms with van der Waals surface area (Å²) in [5.41, 5.74) is 0.174. The normalized spacial score (nSPS) is 11.1. The van der Waals surface area contributed by atoms with Crippen molar-refractivity contribution in [1.29, 1.82) is 0 Å². The Balaban J connectivity index is 2.06. The third-order valence-corrected chi connectivity index (χ3v) is 8.02. The number of carboxylic acid groups (broad SMARTS) is 1. The van der Waals surface area contributed by atoms with E-state index in [4.69, 9.17) is 21.1 Å². The molecule has 0 saturated carbocycles. The molecule has 0 aliphatic rings. The molecule has 0 bridgehead atoms. The molecule has 3 aromatic rings. The molecule has 1 aromatic heterocycles. The van der Waals surface area contributed by atoms with Gasteiger partial charge < -0.3 is 19.4 Å². The second-order valence-corrected chi connectivity index (χ2v) is 10.4. The number of ether oxygens (including phenoxy) is 2. The molecule has 2 aromatic carbocycles. The summed E-state index contributed by atoms with van der Waals surface area (Å²) in [7, 11) is -1.74. The van der Waals surface area contributed by atoms with Crippen LogP contribution in [-0.2, 0) is 21.4 Å². The zero-order valence-corrected chi connectivity index (χ0v) is 22.0. The number of unbranched alkanes of at least 4 members (excludes halogenated alkanes) is 1. The summed E-state index contributed by atoms with van der Waals surface area (Å²) < 4.78 is 57.9. The first-order valence-electron chi connectivity index (χ1n) is 10.6. The first kappa shape index (κ1) is 28.1. The number of nitrogens with zero attached hydrogens (tertiary/aromatic N) is 4. The number of amides is 1. The van der Waals surface area contributed by atoms with E-state index >= 15 is 4.39 Å². The van der Waals surface area contributed by atoms with E-state index in [1.54, 1.807) is 18.2 Å². The van der Waals surface area contributed by atoms with Crippen molar-refractivity contribution in [3.63, 3.8) is 0 Å². The van der Waals surface area contributed by atoms with Gasteiger partial charge in [0.2, 0.25) is 5.13 Å². The summed E-state index contributed by atoms with van der Waals surface area (Å²) in [5.74, 6) is -0.418. The van der Waals surface area contributed by atoms with Crippen molar-refractivity contribution in [2.75, 3.05) is 30.0 Å². The van der Waals surface area contributed by atoms with Gasteiger partial charge in [-0.2, -0.15) is 4.37 Å². The van der Waals surface area contributed by atoms with Crippen LogP contribution in [0.4, 0.5) is 20.0 Å². The van der Waals surface area contributed by atoms with Crippen LogP contribution in [-0.4, -0.2) is 56.0 Å².